The summed E-state index contributed by atoms with van der Waals surface area (Å²) in [5, 5.41) is 11.3. The van der Waals surface area contributed by atoms with Crippen LogP contribution in [-0.4, -0.2) is 11.1 Å². The number of nitro benzene ring substituents is 1. The van der Waals surface area contributed by atoms with Crippen LogP contribution in [0.3, 0.4) is 0 Å². The van der Waals surface area contributed by atoms with E-state index in [1.165, 1.54) is 12.1 Å². The molecule has 0 fully saturated rings. The molecule has 0 saturated heterocycles. The Kier molecular flexibility index (Phi) is 5.84. The summed E-state index contributed by atoms with van der Waals surface area (Å²) in [4.78, 5) is 14.7. The number of hydrogen-bond donors (Lipinski definition) is 0. The molecule has 3 rings (SSSR count). The Morgan fingerprint density at radius 2 is 1.78 bits per heavy atom. The van der Waals surface area contributed by atoms with Gasteiger partial charge in [-0.15, -0.1) is 0 Å². The Morgan fingerprint density at radius 1 is 1.07 bits per heavy atom. The molecule has 5 nitrogen and oxygen atoms in total. The van der Waals surface area contributed by atoms with Crippen LogP contribution >= 0.6 is 11.6 Å². The molecule has 6 heteroatoms. The number of aliphatic imine (C=N–C) groups is 1. The summed E-state index contributed by atoms with van der Waals surface area (Å²) < 4.78 is 5.71. The molecular formula is C21H17ClN2O3. The van der Waals surface area contributed by atoms with E-state index in [2.05, 4.69) is 4.99 Å². The Labute approximate surface area is 162 Å². The number of aryl methyl sites for hydroxylation is 1. The second-order valence-corrected chi connectivity index (χ2v) is 6.41. The second kappa shape index (κ2) is 8.47. The SMILES string of the molecule is Cc1ccc(Cl)cc1N=Cc1ccc(OCc2ccc([N+](=O)[O-])cc2)cc1. The highest BCUT2D eigenvalue weighted by Gasteiger charge is 2.04. The van der Waals surface area contributed by atoms with Gasteiger partial charge in [-0.1, -0.05) is 17.7 Å². The van der Waals surface area contributed by atoms with Gasteiger partial charge in [0.05, 0.1) is 10.6 Å². The molecule has 0 saturated carbocycles. The summed E-state index contributed by atoms with van der Waals surface area (Å²) >= 11 is 6.00. The molecule has 27 heavy (non-hydrogen) atoms. The number of hydrogen-bond acceptors (Lipinski definition) is 4. The molecule has 0 spiro atoms. The van der Waals surface area contributed by atoms with Crippen molar-refractivity contribution in [2.45, 2.75) is 13.5 Å². The fourth-order valence-corrected chi connectivity index (χ4v) is 2.56. The second-order valence-electron chi connectivity index (χ2n) is 5.97. The summed E-state index contributed by atoms with van der Waals surface area (Å²) in [6.07, 6.45) is 1.78. The zero-order valence-corrected chi connectivity index (χ0v) is 15.4. The lowest BCUT2D eigenvalue weighted by molar-refractivity contribution is -0.384. The van der Waals surface area contributed by atoms with Gasteiger partial charge in [0.25, 0.3) is 5.69 Å². The molecule has 0 aliphatic carbocycles. The lowest BCUT2D eigenvalue weighted by Crippen LogP contribution is -1.96. The quantitative estimate of drug-likeness (QED) is 0.304. The molecule has 136 valence electrons. The molecule has 3 aromatic carbocycles. The average Bonchev–Trinajstić information content (AvgIpc) is 2.68. The highest BCUT2D eigenvalue weighted by atomic mass is 35.5. The Balaban J connectivity index is 1.60. The number of ether oxygens (including phenoxy) is 1. The summed E-state index contributed by atoms with van der Waals surface area (Å²) in [6.45, 7) is 2.32. The van der Waals surface area contributed by atoms with E-state index in [0.29, 0.717) is 17.4 Å². The van der Waals surface area contributed by atoms with Crippen LogP contribution < -0.4 is 4.74 Å². The van der Waals surface area contributed by atoms with E-state index in [1.54, 1.807) is 18.3 Å². The number of benzene rings is 3. The largest absolute Gasteiger partial charge is 0.489 e. The molecule has 0 aromatic heterocycles. The number of halogens is 1. The third-order valence-electron chi connectivity index (χ3n) is 3.96. The van der Waals surface area contributed by atoms with Gasteiger partial charge in [0.15, 0.2) is 0 Å². The molecule has 0 N–H and O–H groups in total. The first-order chi connectivity index (χ1) is 13.0. The van der Waals surface area contributed by atoms with E-state index in [0.717, 1.165) is 22.4 Å². The molecule has 0 bridgehead atoms. The predicted molar refractivity (Wildman–Crippen MR) is 107 cm³/mol. The standard InChI is InChI=1S/C21H17ClN2O3/c1-15-2-7-18(22)12-21(15)23-13-16-5-10-20(11-6-16)27-14-17-3-8-19(9-4-17)24(25)26/h2-13H,14H2,1H3. The molecule has 0 aliphatic rings. The third kappa shape index (κ3) is 5.15. The van der Waals surface area contributed by atoms with Crippen LogP contribution in [0.5, 0.6) is 5.75 Å². The van der Waals surface area contributed by atoms with Crippen molar-refractivity contribution in [1.29, 1.82) is 0 Å². The van der Waals surface area contributed by atoms with Crippen molar-refractivity contribution in [3.05, 3.63) is 98.6 Å². The van der Waals surface area contributed by atoms with Gasteiger partial charge >= 0.3 is 0 Å². The molecule has 0 radical (unpaired) electrons. The molecule has 0 unspecified atom stereocenters. The van der Waals surface area contributed by atoms with Gasteiger partial charge in [0.1, 0.15) is 12.4 Å². The lowest BCUT2D eigenvalue weighted by Gasteiger charge is -2.06. The van der Waals surface area contributed by atoms with E-state index < -0.39 is 4.92 Å². The van der Waals surface area contributed by atoms with E-state index in [4.69, 9.17) is 16.3 Å². The normalized spacial score (nSPS) is 10.9. The van der Waals surface area contributed by atoms with Crippen molar-refractivity contribution in [3.8, 4) is 5.75 Å². The minimum Gasteiger partial charge on any atom is -0.489 e. The van der Waals surface area contributed by atoms with Crippen LogP contribution in [0.15, 0.2) is 71.7 Å². The summed E-state index contributed by atoms with van der Waals surface area (Å²) in [6, 6.07) is 19.5. The van der Waals surface area contributed by atoms with Crippen molar-refractivity contribution >= 4 is 29.2 Å². The molecule has 0 aliphatic heterocycles. The fraction of sp³-hybridized carbons (Fsp3) is 0.0952. The van der Waals surface area contributed by atoms with Crippen molar-refractivity contribution in [2.24, 2.45) is 4.99 Å². The van der Waals surface area contributed by atoms with Gasteiger partial charge in [-0.2, -0.15) is 0 Å². The van der Waals surface area contributed by atoms with Crippen LogP contribution in [0.4, 0.5) is 11.4 Å². The first-order valence-corrected chi connectivity index (χ1v) is 8.65. The molecule has 3 aromatic rings. The van der Waals surface area contributed by atoms with Gasteiger partial charge in [0, 0.05) is 23.4 Å². The van der Waals surface area contributed by atoms with Gasteiger partial charge in [0.2, 0.25) is 0 Å². The number of non-ortho nitro benzene ring substituents is 1. The van der Waals surface area contributed by atoms with E-state index in [1.807, 2.05) is 49.4 Å². The molecule has 0 amide bonds. The number of nitrogens with zero attached hydrogens (tertiary/aromatic N) is 2. The first kappa shape index (κ1) is 18.6. The first-order valence-electron chi connectivity index (χ1n) is 8.28. The van der Waals surface area contributed by atoms with E-state index >= 15 is 0 Å². The Morgan fingerprint density at radius 3 is 2.44 bits per heavy atom. The van der Waals surface area contributed by atoms with Gasteiger partial charge < -0.3 is 4.74 Å². The Hall–Kier alpha value is -3.18. The molecule has 0 heterocycles. The van der Waals surface area contributed by atoms with Gasteiger partial charge in [-0.3, -0.25) is 15.1 Å². The van der Waals surface area contributed by atoms with Crippen molar-refractivity contribution < 1.29 is 9.66 Å². The average molecular weight is 381 g/mol. The minimum atomic E-state index is -0.421. The van der Waals surface area contributed by atoms with Crippen LogP contribution in [0.2, 0.25) is 5.02 Å². The van der Waals surface area contributed by atoms with Crippen LogP contribution in [0.1, 0.15) is 16.7 Å². The van der Waals surface area contributed by atoms with Crippen LogP contribution in [0.25, 0.3) is 0 Å². The summed E-state index contributed by atoms with van der Waals surface area (Å²) in [7, 11) is 0. The van der Waals surface area contributed by atoms with Crippen LogP contribution in [-0.2, 0) is 6.61 Å². The minimum absolute atomic E-state index is 0.0670. The van der Waals surface area contributed by atoms with Crippen molar-refractivity contribution in [3.63, 3.8) is 0 Å². The smallest absolute Gasteiger partial charge is 0.269 e. The number of rotatable bonds is 6. The highest BCUT2D eigenvalue weighted by Crippen LogP contribution is 2.23. The van der Waals surface area contributed by atoms with E-state index in [9.17, 15) is 10.1 Å². The Bertz CT molecular complexity index is 968. The third-order valence-corrected chi connectivity index (χ3v) is 4.19. The predicted octanol–water partition coefficient (Wildman–Crippen LogP) is 5.89. The maximum atomic E-state index is 10.7. The zero-order valence-electron chi connectivity index (χ0n) is 14.6. The maximum absolute atomic E-state index is 10.7. The van der Waals surface area contributed by atoms with Crippen molar-refractivity contribution in [1.82, 2.24) is 0 Å². The van der Waals surface area contributed by atoms with Crippen molar-refractivity contribution in [2.75, 3.05) is 0 Å². The van der Waals surface area contributed by atoms with Gasteiger partial charge in [-0.05, 0) is 72.1 Å². The van der Waals surface area contributed by atoms with Gasteiger partial charge in [-0.25, -0.2) is 0 Å². The monoisotopic (exact) mass is 380 g/mol. The van der Waals surface area contributed by atoms with E-state index in [-0.39, 0.29) is 5.69 Å². The topological polar surface area (TPSA) is 64.7 Å². The maximum Gasteiger partial charge on any atom is 0.269 e. The summed E-state index contributed by atoms with van der Waals surface area (Å²) in [5.74, 6) is 0.712. The lowest BCUT2D eigenvalue weighted by atomic mass is 10.2. The fourth-order valence-electron chi connectivity index (χ4n) is 2.40. The summed E-state index contributed by atoms with van der Waals surface area (Å²) in [5.41, 5.74) is 3.76. The molecular weight excluding hydrogens is 364 g/mol. The molecule has 0 atom stereocenters. The number of nitro groups is 1. The zero-order chi connectivity index (χ0) is 19.2. The highest BCUT2D eigenvalue weighted by molar-refractivity contribution is 6.30. The van der Waals surface area contributed by atoms with Crippen LogP contribution in [0, 0.1) is 17.0 Å².